The quantitative estimate of drug-likeness (QED) is 0.0798. The number of para-hydroxylation sites is 3. The molecule has 6 nitrogen and oxygen atoms in total. The van der Waals surface area contributed by atoms with Gasteiger partial charge in [0.25, 0.3) is 0 Å². The number of nitrogens with zero attached hydrogens (tertiary/aromatic N) is 6. The van der Waals surface area contributed by atoms with Gasteiger partial charge in [0.05, 0.1) is 39.9 Å². The summed E-state index contributed by atoms with van der Waals surface area (Å²) < 4.78 is 0. The summed E-state index contributed by atoms with van der Waals surface area (Å²) in [7, 11) is 0. The predicted molar refractivity (Wildman–Crippen MR) is 352 cm³/mol. The van der Waals surface area contributed by atoms with Gasteiger partial charge in [0, 0.05) is 79.7 Å². The minimum atomic E-state index is 0.544. The van der Waals surface area contributed by atoms with E-state index in [4.69, 9.17) is 15.0 Å². The Morgan fingerprint density at radius 1 is 0.286 bits per heavy atom. The molecule has 0 spiro atoms. The van der Waals surface area contributed by atoms with Crippen LogP contribution >= 0.6 is 0 Å². The summed E-state index contributed by atoms with van der Waals surface area (Å²) in [5.41, 5.74) is 22.6. The lowest BCUT2D eigenvalue weighted by Gasteiger charge is -2.36. The molecule has 3 aromatic heterocycles. The average Bonchev–Trinajstić information content (AvgIpc) is 3.73. The fourth-order valence-corrected chi connectivity index (χ4v) is 11.2. The monoisotopic (exact) mass is 1080 g/mol. The van der Waals surface area contributed by atoms with Crippen molar-refractivity contribution in [1.82, 2.24) is 15.0 Å². The molecule has 0 unspecified atom stereocenters. The number of benzene rings is 9. The second kappa shape index (κ2) is 25.4. The van der Waals surface area contributed by atoms with Crippen LogP contribution in [-0.4, -0.2) is 21.5 Å². The zero-order valence-electron chi connectivity index (χ0n) is 47.5. The van der Waals surface area contributed by atoms with Crippen molar-refractivity contribution >= 4 is 34.1 Å². The molecule has 0 amide bonds. The molecule has 84 heavy (non-hydrogen) atoms. The summed E-state index contributed by atoms with van der Waals surface area (Å²) in [5, 5.41) is 0. The lowest BCUT2D eigenvalue weighted by atomic mass is 9.98. The minimum Gasteiger partial charge on any atom is -0.337 e. The molecule has 0 saturated heterocycles. The molecule has 406 valence electrons. The fourth-order valence-electron chi connectivity index (χ4n) is 11.2. The molecule has 0 aliphatic heterocycles. The summed E-state index contributed by atoms with van der Waals surface area (Å²) >= 11 is 0. The Bertz CT molecular complexity index is 4220. The normalized spacial score (nSPS) is 11.8. The van der Waals surface area contributed by atoms with E-state index in [-0.39, 0.29) is 0 Å². The molecule has 9 aromatic carbocycles. The van der Waals surface area contributed by atoms with Crippen LogP contribution in [-0.2, 0) is 0 Å². The van der Waals surface area contributed by atoms with Gasteiger partial charge in [0.15, 0.2) is 0 Å². The Balaban J connectivity index is 1.06. The number of aromatic nitrogens is 3. The lowest BCUT2D eigenvalue weighted by molar-refractivity contribution is 0.945. The van der Waals surface area contributed by atoms with E-state index in [1.807, 2.05) is 18.2 Å². The Labute approximate surface area is 494 Å². The molecule has 0 atom stereocenters. The van der Waals surface area contributed by atoms with Crippen LogP contribution in [0.25, 0.3) is 67.5 Å². The highest BCUT2D eigenvalue weighted by Crippen LogP contribution is 2.43. The van der Waals surface area contributed by atoms with Crippen LogP contribution in [0, 0.1) is 0 Å². The van der Waals surface area contributed by atoms with Crippen LogP contribution in [0.3, 0.4) is 0 Å². The third kappa shape index (κ3) is 12.0. The number of allylic oxidation sites excluding steroid dienone is 2. The zero-order valence-corrected chi connectivity index (χ0v) is 47.5. The van der Waals surface area contributed by atoms with Gasteiger partial charge in [-0.25, -0.2) is 15.0 Å². The number of rotatable bonds is 18. The van der Waals surface area contributed by atoms with Crippen molar-refractivity contribution in [3.8, 4) is 67.5 Å². The van der Waals surface area contributed by atoms with E-state index in [1.54, 1.807) is 0 Å². The molecule has 3 heterocycles. The number of anilines is 6. The molecule has 12 rings (SSSR count). The van der Waals surface area contributed by atoms with Crippen LogP contribution in [0.15, 0.2) is 332 Å². The maximum Gasteiger partial charge on any atom is 0.0710 e. The molecule has 0 fully saturated rings. The largest absolute Gasteiger partial charge is 0.337 e. The van der Waals surface area contributed by atoms with Crippen LogP contribution in [0.2, 0.25) is 0 Å². The maximum atomic E-state index is 5.28. The maximum absolute atomic E-state index is 5.28. The SMILES string of the molecule is CC/C(=C(C)\C(=C(\C)CN(c1ccccc1)c1cccc(-c2cccc(-c3ccccc3)n2)c1)N(c1ccccc1)c1cccc(-c2cccc(-c3ccccc3)n2)c1)N(c1ccccc1)c1cccc(-c2cccc(-c3ccccc3)n2)c1. The summed E-state index contributed by atoms with van der Waals surface area (Å²) in [6.45, 7) is 7.44. The van der Waals surface area contributed by atoms with Gasteiger partial charge in [0.2, 0.25) is 0 Å². The van der Waals surface area contributed by atoms with Crippen molar-refractivity contribution in [3.05, 3.63) is 332 Å². The molecule has 0 bridgehead atoms. The van der Waals surface area contributed by atoms with E-state index in [9.17, 15) is 0 Å². The van der Waals surface area contributed by atoms with Crippen molar-refractivity contribution < 1.29 is 0 Å². The predicted octanol–water partition coefficient (Wildman–Crippen LogP) is 20.6. The van der Waals surface area contributed by atoms with Gasteiger partial charge in [-0.2, -0.15) is 0 Å². The molecule has 0 aliphatic rings. The first kappa shape index (κ1) is 53.9. The zero-order chi connectivity index (χ0) is 57.0. The van der Waals surface area contributed by atoms with Crippen LogP contribution in [0.4, 0.5) is 34.1 Å². The molecule has 0 saturated carbocycles. The first-order valence-electron chi connectivity index (χ1n) is 28.8. The smallest absolute Gasteiger partial charge is 0.0710 e. The van der Waals surface area contributed by atoms with E-state index in [1.165, 1.54) is 0 Å². The van der Waals surface area contributed by atoms with Gasteiger partial charge >= 0.3 is 0 Å². The van der Waals surface area contributed by atoms with Gasteiger partial charge in [0.1, 0.15) is 0 Å². The van der Waals surface area contributed by atoms with Crippen molar-refractivity contribution in [2.75, 3.05) is 21.2 Å². The molecular weight excluding hydrogens is 1020 g/mol. The Hall–Kier alpha value is -10.7. The van der Waals surface area contributed by atoms with Crippen molar-refractivity contribution in [2.45, 2.75) is 27.2 Å². The Kier molecular flexibility index (Phi) is 16.3. The second-order valence-corrected chi connectivity index (χ2v) is 20.8. The standard InChI is InChI=1S/C78H64N6/c1-4-77(83(66-40-19-9-20-41-66)69-45-24-36-63(54-69)75-51-27-48-72(80-75)60-31-13-6-14-32-60)58(3)78(84(67-42-21-10-22-43-67)70-46-25-37-64(55-70)76-52-28-49-73(81-76)61-33-15-7-16-34-61)57(2)56-82(65-38-17-8-18-39-65)68-44-23-35-62(53-68)74-50-26-47-71(79-74)59-29-11-5-12-30-59/h5-55H,4,56H2,1-3H3/b77-58+,78-57+. The van der Waals surface area contributed by atoms with Crippen LogP contribution in [0.1, 0.15) is 27.2 Å². The first-order valence-corrected chi connectivity index (χ1v) is 28.8. The van der Waals surface area contributed by atoms with E-state index in [2.05, 4.69) is 327 Å². The third-order valence-electron chi connectivity index (χ3n) is 15.2. The summed E-state index contributed by atoms with van der Waals surface area (Å²) in [6.07, 6.45) is 0.710. The van der Waals surface area contributed by atoms with Gasteiger partial charge < -0.3 is 14.7 Å². The van der Waals surface area contributed by atoms with Crippen molar-refractivity contribution in [2.24, 2.45) is 0 Å². The Morgan fingerprint density at radius 2 is 0.571 bits per heavy atom. The molecule has 0 N–H and O–H groups in total. The fraction of sp³-hybridized carbons (Fsp3) is 0.0641. The highest BCUT2D eigenvalue weighted by Gasteiger charge is 2.27. The lowest BCUT2D eigenvalue weighted by Crippen LogP contribution is -2.27. The molecule has 0 radical (unpaired) electrons. The summed E-state index contributed by atoms with van der Waals surface area (Å²) in [6, 6.07) is 109. The molecular formula is C78H64N6. The Morgan fingerprint density at radius 3 is 0.964 bits per heavy atom. The van der Waals surface area contributed by atoms with E-state index in [0.717, 1.165) is 124 Å². The molecule has 12 aromatic rings. The van der Waals surface area contributed by atoms with Gasteiger partial charge in [-0.05, 0) is 141 Å². The summed E-state index contributed by atoms with van der Waals surface area (Å²) in [5.74, 6) is 0. The van der Waals surface area contributed by atoms with E-state index >= 15 is 0 Å². The third-order valence-corrected chi connectivity index (χ3v) is 15.2. The van der Waals surface area contributed by atoms with Crippen LogP contribution in [0.5, 0.6) is 0 Å². The first-order chi connectivity index (χ1) is 41.5. The highest BCUT2D eigenvalue weighted by atomic mass is 15.2. The molecule has 6 heteroatoms. The summed E-state index contributed by atoms with van der Waals surface area (Å²) in [4.78, 5) is 23.1. The van der Waals surface area contributed by atoms with Gasteiger partial charge in [-0.15, -0.1) is 0 Å². The van der Waals surface area contributed by atoms with Gasteiger partial charge in [-0.3, -0.25) is 0 Å². The van der Waals surface area contributed by atoms with Gasteiger partial charge in [-0.1, -0.05) is 207 Å². The van der Waals surface area contributed by atoms with Crippen LogP contribution < -0.4 is 14.7 Å². The number of hydrogen-bond acceptors (Lipinski definition) is 6. The number of pyridine rings is 3. The average molecular weight is 1090 g/mol. The second-order valence-electron chi connectivity index (χ2n) is 20.8. The minimum absolute atomic E-state index is 0.544. The highest BCUT2D eigenvalue weighted by molar-refractivity contribution is 5.81. The van der Waals surface area contributed by atoms with E-state index in [0.29, 0.717) is 13.0 Å². The topological polar surface area (TPSA) is 48.4 Å². The molecule has 0 aliphatic carbocycles. The van der Waals surface area contributed by atoms with E-state index < -0.39 is 0 Å². The number of hydrogen-bond donors (Lipinski definition) is 0. The van der Waals surface area contributed by atoms with Crippen molar-refractivity contribution in [3.63, 3.8) is 0 Å². The van der Waals surface area contributed by atoms with Crippen molar-refractivity contribution in [1.29, 1.82) is 0 Å².